The molecule has 2 aliphatic rings. The summed E-state index contributed by atoms with van der Waals surface area (Å²) in [5.41, 5.74) is 0.558. The van der Waals surface area contributed by atoms with E-state index in [1.165, 1.54) is 65.1 Å². The van der Waals surface area contributed by atoms with E-state index in [-0.39, 0.29) is 0 Å². The van der Waals surface area contributed by atoms with Crippen molar-refractivity contribution in [3.63, 3.8) is 0 Å². The summed E-state index contributed by atoms with van der Waals surface area (Å²) in [4.78, 5) is 5.22. The monoisotopic (exact) mass is 309 g/mol. The highest BCUT2D eigenvalue weighted by atomic mass is 15.3. The summed E-state index contributed by atoms with van der Waals surface area (Å²) < 4.78 is 0. The molecule has 2 fully saturated rings. The van der Waals surface area contributed by atoms with Crippen LogP contribution in [0.1, 0.15) is 53.9 Å². The Labute approximate surface area is 138 Å². The van der Waals surface area contributed by atoms with Gasteiger partial charge in [0.15, 0.2) is 0 Å². The largest absolute Gasteiger partial charge is 0.313 e. The number of hydrogen-bond acceptors (Lipinski definition) is 3. The lowest BCUT2D eigenvalue weighted by atomic mass is 9.70. The second-order valence-electron chi connectivity index (χ2n) is 8.74. The first kappa shape index (κ1) is 18.2. The van der Waals surface area contributed by atoms with Crippen LogP contribution in [0.4, 0.5) is 0 Å². The Bertz CT molecular complexity index is 321. The fourth-order valence-corrected chi connectivity index (χ4v) is 4.40. The quantitative estimate of drug-likeness (QED) is 0.813. The minimum absolute atomic E-state index is 0.558. The van der Waals surface area contributed by atoms with Gasteiger partial charge in [-0.15, -0.1) is 0 Å². The van der Waals surface area contributed by atoms with Gasteiger partial charge in [-0.1, -0.05) is 34.6 Å². The van der Waals surface area contributed by atoms with E-state index in [2.05, 4.69) is 49.7 Å². The molecule has 0 aromatic heterocycles. The lowest BCUT2D eigenvalue weighted by Crippen LogP contribution is -2.49. The third-order valence-electron chi connectivity index (χ3n) is 5.90. The van der Waals surface area contributed by atoms with E-state index in [9.17, 15) is 0 Å². The number of likely N-dealkylation sites (N-methyl/N-ethyl adjacent to an activating group) is 1. The average molecular weight is 310 g/mol. The molecule has 1 saturated heterocycles. The highest BCUT2D eigenvalue weighted by molar-refractivity contribution is 4.87. The van der Waals surface area contributed by atoms with Gasteiger partial charge < -0.3 is 15.1 Å². The first-order valence-electron chi connectivity index (χ1n) is 9.57. The zero-order valence-corrected chi connectivity index (χ0v) is 15.7. The molecule has 1 aliphatic heterocycles. The van der Waals surface area contributed by atoms with Gasteiger partial charge in [0, 0.05) is 38.8 Å². The zero-order chi connectivity index (χ0) is 16.2. The molecule has 1 N–H and O–H groups in total. The SMILES string of the molecule is CCN1CCN(C[C@H](C)CN[C@H]2CCC(C)(C)C[C@@H]2C)CC1. The molecule has 0 amide bonds. The van der Waals surface area contributed by atoms with Crippen LogP contribution in [0.25, 0.3) is 0 Å². The molecule has 0 radical (unpaired) electrons. The third kappa shape index (κ3) is 5.50. The van der Waals surface area contributed by atoms with Crippen LogP contribution in [-0.4, -0.2) is 61.7 Å². The number of nitrogens with zero attached hydrogens (tertiary/aromatic N) is 2. The molecule has 0 spiro atoms. The molecular weight excluding hydrogens is 270 g/mol. The lowest BCUT2D eigenvalue weighted by Gasteiger charge is -2.40. The number of nitrogens with one attached hydrogen (secondary N) is 1. The maximum absolute atomic E-state index is 3.88. The fraction of sp³-hybridized carbons (Fsp3) is 1.00. The zero-order valence-electron chi connectivity index (χ0n) is 15.7. The summed E-state index contributed by atoms with van der Waals surface area (Å²) in [7, 11) is 0. The molecule has 3 heteroatoms. The van der Waals surface area contributed by atoms with Crippen LogP contribution in [0, 0.1) is 17.3 Å². The smallest absolute Gasteiger partial charge is 0.0110 e. The number of piperazine rings is 1. The molecule has 22 heavy (non-hydrogen) atoms. The normalized spacial score (nSPS) is 32.0. The molecule has 2 rings (SSSR count). The minimum atomic E-state index is 0.558. The van der Waals surface area contributed by atoms with Gasteiger partial charge in [0.1, 0.15) is 0 Å². The van der Waals surface area contributed by atoms with Crippen molar-refractivity contribution >= 4 is 0 Å². The Morgan fingerprint density at radius 1 is 1.14 bits per heavy atom. The first-order chi connectivity index (χ1) is 10.4. The van der Waals surface area contributed by atoms with Gasteiger partial charge in [-0.25, -0.2) is 0 Å². The Hall–Kier alpha value is -0.120. The molecular formula is C19H39N3. The fourth-order valence-electron chi connectivity index (χ4n) is 4.40. The maximum atomic E-state index is 3.88. The van der Waals surface area contributed by atoms with Crippen molar-refractivity contribution in [3.05, 3.63) is 0 Å². The van der Waals surface area contributed by atoms with Crippen molar-refractivity contribution < 1.29 is 0 Å². The predicted molar refractivity (Wildman–Crippen MR) is 96.3 cm³/mol. The van der Waals surface area contributed by atoms with Crippen LogP contribution in [0.15, 0.2) is 0 Å². The highest BCUT2D eigenvalue weighted by Gasteiger charge is 2.32. The van der Waals surface area contributed by atoms with Crippen LogP contribution in [0.2, 0.25) is 0 Å². The summed E-state index contributed by atoms with van der Waals surface area (Å²) in [6.07, 6.45) is 4.11. The van der Waals surface area contributed by atoms with E-state index in [0.717, 1.165) is 17.9 Å². The summed E-state index contributed by atoms with van der Waals surface area (Å²) in [5, 5.41) is 3.88. The summed E-state index contributed by atoms with van der Waals surface area (Å²) in [6.45, 7) is 20.7. The molecule has 0 unspecified atom stereocenters. The predicted octanol–water partition coefficient (Wildman–Crippen LogP) is 3.06. The lowest BCUT2D eigenvalue weighted by molar-refractivity contribution is 0.117. The molecule has 0 aromatic rings. The van der Waals surface area contributed by atoms with Gasteiger partial charge in [-0.3, -0.25) is 0 Å². The van der Waals surface area contributed by atoms with Gasteiger partial charge in [0.2, 0.25) is 0 Å². The molecule has 1 aliphatic carbocycles. The standard InChI is InChI=1S/C19H39N3/c1-6-21-9-11-22(12-10-21)15-16(2)14-20-18-7-8-19(4,5)13-17(18)3/h16-18,20H,6-15H2,1-5H3/t16-,17+,18+/m1/s1. The van der Waals surface area contributed by atoms with E-state index in [0.29, 0.717) is 5.41 Å². The Morgan fingerprint density at radius 2 is 1.77 bits per heavy atom. The maximum Gasteiger partial charge on any atom is 0.0110 e. The van der Waals surface area contributed by atoms with Crippen LogP contribution >= 0.6 is 0 Å². The van der Waals surface area contributed by atoms with Crippen molar-refractivity contribution in [2.75, 3.05) is 45.8 Å². The van der Waals surface area contributed by atoms with Crippen molar-refractivity contribution in [1.82, 2.24) is 15.1 Å². The van der Waals surface area contributed by atoms with Crippen LogP contribution in [0.3, 0.4) is 0 Å². The van der Waals surface area contributed by atoms with Crippen molar-refractivity contribution in [1.29, 1.82) is 0 Å². The average Bonchev–Trinajstić information content (AvgIpc) is 2.46. The molecule has 3 nitrogen and oxygen atoms in total. The molecule has 0 aromatic carbocycles. The van der Waals surface area contributed by atoms with Gasteiger partial charge in [0.05, 0.1) is 0 Å². The first-order valence-corrected chi connectivity index (χ1v) is 9.57. The Kier molecular flexibility index (Phi) is 6.73. The van der Waals surface area contributed by atoms with Gasteiger partial charge in [-0.2, -0.15) is 0 Å². The van der Waals surface area contributed by atoms with Crippen molar-refractivity contribution in [2.24, 2.45) is 17.3 Å². The number of rotatable bonds is 6. The van der Waals surface area contributed by atoms with Crippen LogP contribution in [-0.2, 0) is 0 Å². The Morgan fingerprint density at radius 3 is 2.36 bits per heavy atom. The van der Waals surface area contributed by atoms with Gasteiger partial charge in [-0.05, 0) is 49.6 Å². The van der Waals surface area contributed by atoms with E-state index >= 15 is 0 Å². The van der Waals surface area contributed by atoms with Gasteiger partial charge in [0.25, 0.3) is 0 Å². The number of hydrogen-bond donors (Lipinski definition) is 1. The van der Waals surface area contributed by atoms with Crippen LogP contribution < -0.4 is 5.32 Å². The molecule has 0 bridgehead atoms. The summed E-state index contributed by atoms with van der Waals surface area (Å²) in [5.74, 6) is 1.58. The third-order valence-corrected chi connectivity index (χ3v) is 5.90. The molecule has 1 saturated carbocycles. The van der Waals surface area contributed by atoms with Crippen LogP contribution in [0.5, 0.6) is 0 Å². The van der Waals surface area contributed by atoms with E-state index in [4.69, 9.17) is 0 Å². The van der Waals surface area contributed by atoms with E-state index in [1.54, 1.807) is 0 Å². The van der Waals surface area contributed by atoms with Crippen molar-refractivity contribution in [2.45, 2.75) is 59.9 Å². The second kappa shape index (κ2) is 8.12. The summed E-state index contributed by atoms with van der Waals surface area (Å²) >= 11 is 0. The highest BCUT2D eigenvalue weighted by Crippen LogP contribution is 2.38. The minimum Gasteiger partial charge on any atom is -0.313 e. The van der Waals surface area contributed by atoms with E-state index in [1.807, 2.05) is 0 Å². The van der Waals surface area contributed by atoms with Gasteiger partial charge >= 0.3 is 0 Å². The molecule has 3 atom stereocenters. The Balaban J connectivity index is 1.65. The topological polar surface area (TPSA) is 18.5 Å². The van der Waals surface area contributed by atoms with Crippen molar-refractivity contribution in [3.8, 4) is 0 Å². The van der Waals surface area contributed by atoms with E-state index < -0.39 is 0 Å². The molecule has 1 heterocycles. The second-order valence-corrected chi connectivity index (χ2v) is 8.74. The summed E-state index contributed by atoms with van der Waals surface area (Å²) in [6, 6.07) is 0.743. The molecule has 130 valence electrons.